The van der Waals surface area contributed by atoms with E-state index in [2.05, 4.69) is 179 Å². The Bertz CT molecular complexity index is 5430. The number of anilines is 1. The monoisotopic (exact) mass is 1490 g/mol. The number of nitrogens with one attached hydrogen (secondary N) is 1. The molecule has 0 radical (unpaired) electrons. The number of rotatable bonds is 15. The maximum absolute atomic E-state index is 13.5. The van der Waals surface area contributed by atoms with E-state index in [1.54, 1.807) is 24.1 Å². The molecule has 3 saturated heterocycles. The minimum Gasteiger partial charge on any atom is -0.496 e. The number of carbonyl (C=O) groups excluding carboxylic acids is 2. The third-order valence-corrected chi connectivity index (χ3v) is 21.0. The van der Waals surface area contributed by atoms with Crippen LogP contribution in [0.15, 0.2) is 267 Å². The predicted octanol–water partition coefficient (Wildman–Crippen LogP) is 18.2. The summed E-state index contributed by atoms with van der Waals surface area (Å²) in [6.45, 7) is 12.0. The number of nitrogens with zero attached hydrogens (tertiary/aromatic N) is 12. The Morgan fingerprint density at radius 2 is 0.741 bits per heavy atom. The highest BCUT2D eigenvalue weighted by Crippen LogP contribution is 2.35. The number of amides is 3. The molecule has 0 bridgehead atoms. The number of imidazole rings is 3. The van der Waals surface area contributed by atoms with Crippen LogP contribution in [0.5, 0.6) is 5.75 Å². The van der Waals surface area contributed by atoms with Gasteiger partial charge in [-0.1, -0.05) is 180 Å². The van der Waals surface area contributed by atoms with Crippen LogP contribution >= 0.6 is 34.8 Å². The molecular weight excluding hydrogens is 1410 g/mol. The molecular formula is C88H81Cl3FN13O3. The standard InChI is InChI=1S/C32H29ClN4O2.C31H27ClFN5O.C25H25ClN4/c1-39-29-10-6-5-9-27(29)32(38)36-19-17-35(18-20-36)22-28-31(24-11-14-26(33)15-12-24)34-30-16-13-25(21-37(28)30)23-7-3-2-4-8-23;32-25-12-9-23(10-13-25)30-28(38-20-24(11-14-29(38)35-30)22-5-2-1-3-6-22)21-36-15-17-37(18-16-36)31(39)34-27-8-4-7-26(33)19-27;1-28-13-15-29(16-14-28)18-23-25(20-7-10-22(26)11-8-20)27-24-12-9-21(17-30(23)24)19-5-3-2-4-6-19/h2-16,21H,17-20,22H2,1H3;1-14,19-20H,15-18,21H2,(H,34,39);2-12,17H,13-16,18H2,1H3. The third-order valence-electron chi connectivity index (χ3n) is 20.3. The molecule has 8 aromatic carbocycles. The van der Waals surface area contributed by atoms with Crippen LogP contribution in [0.4, 0.5) is 14.9 Å². The number of likely N-dealkylation sites (N-methyl/N-ethyl adjacent to an activating group) is 1. The summed E-state index contributed by atoms with van der Waals surface area (Å²) >= 11 is 18.5. The summed E-state index contributed by atoms with van der Waals surface area (Å²) in [5.74, 6) is 0.242. The van der Waals surface area contributed by atoms with Crippen molar-refractivity contribution < 1.29 is 18.7 Å². The number of hydrogen-bond acceptors (Lipinski definition) is 10. The van der Waals surface area contributed by atoms with Crippen molar-refractivity contribution in [2.24, 2.45) is 0 Å². The minimum atomic E-state index is -0.377. The first-order chi connectivity index (χ1) is 52.8. The van der Waals surface area contributed by atoms with Crippen LogP contribution in [0.2, 0.25) is 15.1 Å². The van der Waals surface area contributed by atoms with E-state index >= 15 is 0 Å². The van der Waals surface area contributed by atoms with Crippen LogP contribution in [0.1, 0.15) is 27.4 Å². The molecule has 16 nitrogen and oxygen atoms in total. The van der Waals surface area contributed by atoms with Crippen molar-refractivity contribution >= 4 is 69.4 Å². The summed E-state index contributed by atoms with van der Waals surface area (Å²) in [5.41, 5.74) is 20.3. The van der Waals surface area contributed by atoms with Gasteiger partial charge in [0, 0.05) is 154 Å². The van der Waals surface area contributed by atoms with Gasteiger partial charge in [-0.05, 0) is 144 Å². The first-order valence-electron chi connectivity index (χ1n) is 36.4. The van der Waals surface area contributed by atoms with Gasteiger partial charge in [-0.3, -0.25) is 19.5 Å². The molecule has 544 valence electrons. The Morgan fingerprint density at radius 1 is 0.389 bits per heavy atom. The Labute approximate surface area is 643 Å². The molecule has 3 aliphatic heterocycles. The summed E-state index contributed by atoms with van der Waals surface area (Å²) < 4.78 is 25.6. The van der Waals surface area contributed by atoms with Gasteiger partial charge in [0.1, 0.15) is 28.5 Å². The molecule has 17 rings (SSSR count). The number of urea groups is 1. The van der Waals surface area contributed by atoms with Crippen molar-refractivity contribution in [3.63, 3.8) is 0 Å². The van der Waals surface area contributed by atoms with Gasteiger partial charge in [-0.15, -0.1) is 0 Å². The number of methoxy groups -OCH3 is 1. The van der Waals surface area contributed by atoms with Gasteiger partial charge in [0.25, 0.3) is 5.91 Å². The second-order valence-corrected chi connectivity index (χ2v) is 28.6. The number of pyridine rings is 3. The van der Waals surface area contributed by atoms with E-state index in [-0.39, 0.29) is 17.8 Å². The second-order valence-electron chi connectivity index (χ2n) is 27.3. The zero-order chi connectivity index (χ0) is 74.0. The van der Waals surface area contributed by atoms with E-state index in [1.807, 2.05) is 114 Å². The van der Waals surface area contributed by atoms with Crippen molar-refractivity contribution in [3.05, 3.63) is 311 Å². The topological polar surface area (TPSA) is 127 Å². The molecule has 0 unspecified atom stereocenters. The van der Waals surface area contributed by atoms with Crippen LogP contribution in [-0.2, 0) is 19.6 Å². The maximum Gasteiger partial charge on any atom is 0.321 e. The number of hydrogen-bond donors (Lipinski definition) is 1. The molecule has 0 spiro atoms. The molecule has 3 aliphatic rings. The van der Waals surface area contributed by atoms with Gasteiger partial charge in [0.05, 0.1) is 46.8 Å². The molecule has 0 atom stereocenters. The first-order valence-corrected chi connectivity index (χ1v) is 37.5. The Balaban J connectivity index is 0.000000130. The second kappa shape index (κ2) is 33.4. The fourth-order valence-electron chi connectivity index (χ4n) is 14.3. The van der Waals surface area contributed by atoms with E-state index < -0.39 is 0 Å². The Hall–Kier alpha value is -11.0. The quantitative estimate of drug-likeness (QED) is 0.106. The van der Waals surface area contributed by atoms with Crippen LogP contribution in [0.3, 0.4) is 0 Å². The lowest BCUT2D eigenvalue weighted by molar-refractivity contribution is 0.0623. The highest BCUT2D eigenvalue weighted by Gasteiger charge is 2.29. The fraction of sp³-hybridized carbons (Fsp3) is 0.193. The summed E-state index contributed by atoms with van der Waals surface area (Å²) in [6.07, 6.45) is 6.55. The first kappa shape index (κ1) is 72.6. The zero-order valence-corrected chi connectivity index (χ0v) is 62.4. The smallest absolute Gasteiger partial charge is 0.321 e. The summed E-state index contributed by atoms with van der Waals surface area (Å²) in [4.78, 5) is 54.3. The fourth-order valence-corrected chi connectivity index (χ4v) is 14.7. The Kier molecular flexibility index (Phi) is 22.5. The van der Waals surface area contributed by atoms with E-state index in [9.17, 15) is 14.0 Å². The van der Waals surface area contributed by atoms with Crippen LogP contribution in [0, 0.1) is 5.82 Å². The summed E-state index contributed by atoms with van der Waals surface area (Å²) in [7, 11) is 3.79. The lowest BCUT2D eigenvalue weighted by atomic mass is 10.1. The van der Waals surface area contributed by atoms with E-state index in [4.69, 9.17) is 54.5 Å². The molecule has 0 aliphatic carbocycles. The van der Waals surface area contributed by atoms with Crippen molar-refractivity contribution in [2.45, 2.75) is 19.6 Å². The largest absolute Gasteiger partial charge is 0.496 e. The van der Waals surface area contributed by atoms with Crippen molar-refractivity contribution in [1.82, 2.24) is 57.6 Å². The van der Waals surface area contributed by atoms with Crippen LogP contribution < -0.4 is 10.1 Å². The molecule has 1 N–H and O–H groups in total. The molecule has 3 fully saturated rings. The lowest BCUT2D eigenvalue weighted by Gasteiger charge is -2.35. The number of benzene rings is 8. The van der Waals surface area contributed by atoms with Gasteiger partial charge in [0.2, 0.25) is 0 Å². The molecule has 20 heteroatoms. The molecule has 0 saturated carbocycles. The summed E-state index contributed by atoms with van der Waals surface area (Å²) in [5, 5.41) is 4.93. The Morgan fingerprint density at radius 3 is 1.12 bits per heavy atom. The minimum absolute atomic E-state index is 0.0104. The molecule has 9 heterocycles. The van der Waals surface area contributed by atoms with Gasteiger partial charge >= 0.3 is 6.03 Å². The summed E-state index contributed by atoms with van der Waals surface area (Å²) in [6, 6.07) is 80.6. The van der Waals surface area contributed by atoms with Gasteiger partial charge in [-0.2, -0.15) is 0 Å². The molecule has 14 aromatic rings. The van der Waals surface area contributed by atoms with Crippen molar-refractivity contribution in [3.8, 4) is 72.9 Å². The number of carbonyl (C=O) groups is 2. The lowest BCUT2D eigenvalue weighted by Crippen LogP contribution is -2.49. The van der Waals surface area contributed by atoms with E-state index in [0.717, 1.165) is 135 Å². The van der Waals surface area contributed by atoms with Gasteiger partial charge in [0.15, 0.2) is 0 Å². The van der Waals surface area contributed by atoms with Crippen LogP contribution in [0.25, 0.3) is 84.1 Å². The number of halogens is 4. The van der Waals surface area contributed by atoms with Crippen molar-refractivity contribution in [2.75, 3.05) is 98.0 Å². The van der Waals surface area contributed by atoms with E-state index in [1.165, 1.54) is 29.0 Å². The number of ether oxygens (including phenoxy) is 1. The molecule has 108 heavy (non-hydrogen) atoms. The highest BCUT2D eigenvalue weighted by molar-refractivity contribution is 6.31. The average Bonchev–Trinajstić information content (AvgIpc) is 1.63. The molecule has 3 amide bonds. The van der Waals surface area contributed by atoms with Crippen LogP contribution in [-0.4, -0.2) is 162 Å². The predicted molar refractivity (Wildman–Crippen MR) is 432 cm³/mol. The molecule has 6 aromatic heterocycles. The third kappa shape index (κ3) is 16.9. The van der Waals surface area contributed by atoms with Gasteiger partial charge in [-0.25, -0.2) is 24.1 Å². The normalized spacial score (nSPS) is 14.5. The van der Waals surface area contributed by atoms with Crippen molar-refractivity contribution in [1.29, 1.82) is 0 Å². The SMILES string of the molecule is CN1CCN(Cc2c(-c3ccc(Cl)cc3)nc3ccc(-c4ccccc4)cn23)CC1.COc1ccccc1C(=O)N1CCN(Cc2c(-c3ccc(Cl)cc3)nc3ccc(-c4ccccc4)cn23)CC1.O=C(Nc1cccc(F)c1)N1CCN(Cc2c(-c3ccc(Cl)cc3)nc3ccc(-c4ccccc4)cn23)CC1. The zero-order valence-electron chi connectivity index (χ0n) is 60.1. The average molecular weight is 1490 g/mol. The number of aromatic nitrogens is 6. The number of fused-ring (bicyclic) bond motifs is 3. The highest BCUT2D eigenvalue weighted by atomic mass is 35.5. The maximum atomic E-state index is 13.5. The van der Waals surface area contributed by atoms with Gasteiger partial charge < -0.3 is 38.0 Å². The van der Waals surface area contributed by atoms with E-state index in [0.29, 0.717) is 79.4 Å². The number of para-hydroxylation sites is 1. The number of piperazine rings is 3.